The van der Waals surface area contributed by atoms with Crippen LogP contribution in [-0.2, 0) is 6.42 Å². The van der Waals surface area contributed by atoms with Gasteiger partial charge in [-0.2, -0.15) is 0 Å². The van der Waals surface area contributed by atoms with E-state index in [1.54, 1.807) is 6.07 Å². The summed E-state index contributed by atoms with van der Waals surface area (Å²) in [5, 5.41) is 0. The normalized spacial score (nSPS) is 9.30. The van der Waals surface area contributed by atoms with Crippen molar-refractivity contribution in [3.8, 4) is 0 Å². The number of pyridine rings is 1. The molecule has 0 aliphatic rings. The van der Waals surface area contributed by atoms with Gasteiger partial charge in [0, 0.05) is 6.42 Å². The second kappa shape index (κ2) is 11.4. The topological polar surface area (TPSA) is 12.9 Å². The van der Waals surface area contributed by atoms with Gasteiger partial charge >= 0.3 is 23.1 Å². The first-order valence-electron chi connectivity index (χ1n) is 5.61. The molecule has 1 aromatic heterocycles. The standard InChI is InChI=1S/C15H14FN.2BrH.Mg/c1-2-6-13-9-10-14(16)15(17-13)11-12-7-4-3-5-8-12;;;/h2-10H,11H2,1H3;2*1H;/q;;;+2/p-2. The van der Waals surface area contributed by atoms with Crippen LogP contribution < -0.4 is 34.0 Å². The molecule has 0 unspecified atom stereocenters. The molecule has 20 heavy (non-hydrogen) atoms. The number of nitrogens with zero attached hydrogens (tertiary/aromatic N) is 1. The van der Waals surface area contributed by atoms with E-state index in [2.05, 4.69) is 4.98 Å². The Hall–Kier alpha value is -0.234. The molecule has 102 valence electrons. The van der Waals surface area contributed by atoms with Gasteiger partial charge in [-0.05, 0) is 30.7 Å². The van der Waals surface area contributed by atoms with Crippen molar-refractivity contribution in [2.45, 2.75) is 13.3 Å². The minimum Gasteiger partial charge on any atom is -1.00 e. The van der Waals surface area contributed by atoms with E-state index in [0.717, 1.165) is 11.3 Å². The van der Waals surface area contributed by atoms with Crippen LogP contribution in [0.15, 0.2) is 48.5 Å². The van der Waals surface area contributed by atoms with Crippen molar-refractivity contribution in [3.63, 3.8) is 0 Å². The minimum absolute atomic E-state index is 0. The average Bonchev–Trinajstić information content (AvgIpc) is 2.35. The molecule has 0 atom stereocenters. The molecule has 1 nitrogen and oxygen atoms in total. The first kappa shape index (κ1) is 22.1. The van der Waals surface area contributed by atoms with Crippen LogP contribution in [0.5, 0.6) is 0 Å². The first-order valence-corrected chi connectivity index (χ1v) is 5.61. The summed E-state index contributed by atoms with van der Waals surface area (Å²) in [5.74, 6) is -0.248. The summed E-state index contributed by atoms with van der Waals surface area (Å²) >= 11 is 0. The summed E-state index contributed by atoms with van der Waals surface area (Å²) < 4.78 is 13.6. The van der Waals surface area contributed by atoms with Gasteiger partial charge in [0.05, 0.1) is 11.4 Å². The predicted octanol–water partition coefficient (Wildman–Crippen LogP) is -2.53. The number of hydrogen-bond donors (Lipinski definition) is 0. The van der Waals surface area contributed by atoms with Gasteiger partial charge in [-0.15, -0.1) is 0 Å². The fourth-order valence-electron chi connectivity index (χ4n) is 1.68. The molecule has 1 aromatic carbocycles. The van der Waals surface area contributed by atoms with Gasteiger partial charge in [0.2, 0.25) is 0 Å². The van der Waals surface area contributed by atoms with Crippen molar-refractivity contribution < 1.29 is 38.4 Å². The van der Waals surface area contributed by atoms with Gasteiger partial charge in [0.1, 0.15) is 5.82 Å². The van der Waals surface area contributed by atoms with Crippen molar-refractivity contribution in [3.05, 3.63) is 71.3 Å². The summed E-state index contributed by atoms with van der Waals surface area (Å²) in [6, 6.07) is 13.0. The van der Waals surface area contributed by atoms with E-state index in [9.17, 15) is 4.39 Å². The zero-order valence-electron chi connectivity index (χ0n) is 11.2. The summed E-state index contributed by atoms with van der Waals surface area (Å²) in [6.07, 6.45) is 4.29. The molecule has 0 radical (unpaired) electrons. The minimum atomic E-state index is -0.248. The third-order valence-corrected chi connectivity index (χ3v) is 2.49. The number of aromatic nitrogens is 1. The molecule has 0 saturated carbocycles. The van der Waals surface area contributed by atoms with E-state index in [-0.39, 0.29) is 62.8 Å². The van der Waals surface area contributed by atoms with Gasteiger partial charge in [-0.25, -0.2) is 4.39 Å². The molecule has 0 amide bonds. The number of benzene rings is 1. The van der Waals surface area contributed by atoms with Gasteiger partial charge in [-0.3, -0.25) is 4.98 Å². The number of hydrogen-bond acceptors (Lipinski definition) is 1. The summed E-state index contributed by atoms with van der Waals surface area (Å²) in [7, 11) is 0. The van der Waals surface area contributed by atoms with E-state index in [1.807, 2.05) is 49.4 Å². The fourth-order valence-corrected chi connectivity index (χ4v) is 1.68. The van der Waals surface area contributed by atoms with Gasteiger partial charge < -0.3 is 34.0 Å². The fraction of sp³-hybridized carbons (Fsp3) is 0.133. The molecular weight excluding hydrogens is 397 g/mol. The maximum Gasteiger partial charge on any atom is 2.00 e. The molecule has 5 heteroatoms. The third-order valence-electron chi connectivity index (χ3n) is 2.49. The van der Waals surface area contributed by atoms with E-state index in [0.29, 0.717) is 12.1 Å². The van der Waals surface area contributed by atoms with Crippen LogP contribution in [0, 0.1) is 5.82 Å². The Kier molecular flexibility index (Phi) is 12.6. The summed E-state index contributed by atoms with van der Waals surface area (Å²) in [6.45, 7) is 1.92. The van der Waals surface area contributed by atoms with Crippen LogP contribution >= 0.6 is 0 Å². The number of halogens is 3. The van der Waals surface area contributed by atoms with E-state index < -0.39 is 0 Å². The van der Waals surface area contributed by atoms with Crippen LogP contribution in [0.25, 0.3) is 6.08 Å². The van der Waals surface area contributed by atoms with Gasteiger partial charge in [0.15, 0.2) is 0 Å². The zero-order chi connectivity index (χ0) is 12.1. The SMILES string of the molecule is CC=Cc1ccc(F)c(Cc2ccccc2)n1.[Br-].[Br-].[Mg+2]. The summed E-state index contributed by atoms with van der Waals surface area (Å²) in [4.78, 5) is 4.30. The Morgan fingerprint density at radius 3 is 2.30 bits per heavy atom. The Morgan fingerprint density at radius 2 is 1.70 bits per heavy atom. The molecule has 1 heterocycles. The molecule has 0 spiro atoms. The third kappa shape index (κ3) is 6.48. The molecule has 0 fully saturated rings. The smallest absolute Gasteiger partial charge is 1.00 e. The van der Waals surface area contributed by atoms with E-state index >= 15 is 0 Å². The van der Waals surface area contributed by atoms with Crippen LogP contribution in [0.4, 0.5) is 4.39 Å². The quantitative estimate of drug-likeness (QED) is 0.508. The molecule has 0 bridgehead atoms. The zero-order valence-corrected chi connectivity index (χ0v) is 15.8. The number of rotatable bonds is 3. The molecule has 0 aliphatic carbocycles. The average molecular weight is 411 g/mol. The Morgan fingerprint density at radius 1 is 1.05 bits per heavy atom. The maximum absolute atomic E-state index is 13.6. The predicted molar refractivity (Wildman–Crippen MR) is 73.9 cm³/mol. The van der Waals surface area contributed by atoms with E-state index in [4.69, 9.17) is 0 Å². The first-order chi connectivity index (χ1) is 8.29. The van der Waals surface area contributed by atoms with E-state index in [1.165, 1.54) is 6.07 Å². The van der Waals surface area contributed by atoms with Crippen molar-refractivity contribution in [2.75, 3.05) is 0 Å². The second-order valence-corrected chi connectivity index (χ2v) is 3.83. The Bertz CT molecular complexity index is 533. The Balaban J connectivity index is 0. The van der Waals surface area contributed by atoms with Gasteiger partial charge in [0.25, 0.3) is 0 Å². The van der Waals surface area contributed by atoms with Crippen molar-refractivity contribution >= 4 is 29.1 Å². The van der Waals surface area contributed by atoms with Gasteiger partial charge in [-0.1, -0.05) is 36.4 Å². The number of allylic oxidation sites excluding steroid dienone is 1. The second-order valence-electron chi connectivity index (χ2n) is 3.83. The largest absolute Gasteiger partial charge is 2.00 e. The molecule has 2 rings (SSSR count). The monoisotopic (exact) mass is 409 g/mol. The van der Waals surface area contributed by atoms with Crippen LogP contribution in [0.2, 0.25) is 0 Å². The van der Waals surface area contributed by atoms with Crippen LogP contribution in [-0.4, -0.2) is 28.0 Å². The molecular formula is C15H14Br2FMgN. The molecule has 0 aliphatic heterocycles. The van der Waals surface area contributed by atoms with Crippen molar-refractivity contribution in [2.24, 2.45) is 0 Å². The van der Waals surface area contributed by atoms with Crippen molar-refractivity contribution in [1.29, 1.82) is 0 Å². The molecule has 0 N–H and O–H groups in total. The maximum atomic E-state index is 13.6. The summed E-state index contributed by atoms with van der Waals surface area (Å²) in [5.41, 5.74) is 2.35. The van der Waals surface area contributed by atoms with Crippen molar-refractivity contribution in [1.82, 2.24) is 4.98 Å². The van der Waals surface area contributed by atoms with Crippen LogP contribution in [0.1, 0.15) is 23.9 Å². The molecule has 2 aromatic rings. The molecule has 0 saturated heterocycles. The Labute approximate surface area is 156 Å². The van der Waals surface area contributed by atoms with Crippen LogP contribution in [0.3, 0.4) is 0 Å².